The van der Waals surface area contributed by atoms with Crippen LogP contribution in [0.25, 0.3) is 0 Å². The first-order valence-corrected chi connectivity index (χ1v) is 8.88. The first kappa shape index (κ1) is 16.7. The van der Waals surface area contributed by atoms with E-state index >= 15 is 0 Å². The van der Waals surface area contributed by atoms with Crippen LogP contribution in [0.3, 0.4) is 0 Å². The average molecular weight is 322 g/mol. The molecular formula is C21H26N2O. The Balaban J connectivity index is 1.75. The van der Waals surface area contributed by atoms with Crippen LogP contribution in [0.5, 0.6) is 0 Å². The van der Waals surface area contributed by atoms with Crippen LogP contribution < -0.4 is 5.32 Å². The Morgan fingerprint density at radius 2 is 2.00 bits per heavy atom. The largest absolute Gasteiger partial charge is 0.385 e. The number of fused-ring (bicyclic) bond motifs is 1. The molecule has 3 heteroatoms. The SMILES string of the molecule is CCN(Cc1ccccc1)C(C)C(=O)c1ccc2c(c1)CCCN2. The van der Waals surface area contributed by atoms with Crippen molar-refractivity contribution in [2.24, 2.45) is 0 Å². The molecule has 0 amide bonds. The molecular weight excluding hydrogens is 296 g/mol. The molecule has 0 bridgehead atoms. The number of aryl methyl sites for hydroxylation is 1. The van der Waals surface area contributed by atoms with Crippen LogP contribution in [0, 0.1) is 0 Å². The minimum Gasteiger partial charge on any atom is -0.385 e. The van der Waals surface area contributed by atoms with E-state index in [0.29, 0.717) is 0 Å². The molecule has 3 nitrogen and oxygen atoms in total. The maximum absolute atomic E-state index is 13.0. The first-order chi connectivity index (χ1) is 11.7. The zero-order valence-corrected chi connectivity index (χ0v) is 14.6. The van der Waals surface area contributed by atoms with Gasteiger partial charge in [0, 0.05) is 24.3 Å². The predicted octanol–water partition coefficient (Wildman–Crippen LogP) is 4.14. The fourth-order valence-electron chi connectivity index (χ4n) is 3.38. The number of Topliss-reactive ketones (excluding diaryl/α,β-unsaturated/α-hetero) is 1. The lowest BCUT2D eigenvalue weighted by Crippen LogP contribution is -2.38. The topological polar surface area (TPSA) is 32.3 Å². The number of hydrogen-bond donors (Lipinski definition) is 1. The van der Waals surface area contributed by atoms with Gasteiger partial charge in [0.2, 0.25) is 0 Å². The molecule has 126 valence electrons. The summed E-state index contributed by atoms with van der Waals surface area (Å²) in [5, 5.41) is 3.40. The maximum atomic E-state index is 13.0. The van der Waals surface area contributed by atoms with Crippen LogP contribution in [0.4, 0.5) is 5.69 Å². The monoisotopic (exact) mass is 322 g/mol. The third-order valence-corrected chi connectivity index (χ3v) is 4.89. The summed E-state index contributed by atoms with van der Waals surface area (Å²) < 4.78 is 0. The smallest absolute Gasteiger partial charge is 0.179 e. The van der Waals surface area contributed by atoms with Crippen LogP contribution in [-0.4, -0.2) is 29.8 Å². The highest BCUT2D eigenvalue weighted by Crippen LogP contribution is 2.24. The van der Waals surface area contributed by atoms with Gasteiger partial charge in [-0.25, -0.2) is 0 Å². The molecule has 2 aromatic rings. The molecule has 1 heterocycles. The summed E-state index contributed by atoms with van der Waals surface area (Å²) in [6.45, 7) is 6.82. The Hall–Kier alpha value is -2.13. The van der Waals surface area contributed by atoms with Crippen molar-refractivity contribution in [1.29, 1.82) is 0 Å². The average Bonchev–Trinajstić information content (AvgIpc) is 2.65. The van der Waals surface area contributed by atoms with Crippen molar-refractivity contribution < 1.29 is 4.79 Å². The molecule has 1 unspecified atom stereocenters. The second kappa shape index (κ2) is 7.63. The summed E-state index contributed by atoms with van der Waals surface area (Å²) in [6, 6.07) is 16.3. The number of carbonyl (C=O) groups excluding carboxylic acids is 1. The summed E-state index contributed by atoms with van der Waals surface area (Å²) in [4.78, 5) is 15.2. The Bertz CT molecular complexity index is 696. The van der Waals surface area contributed by atoms with Gasteiger partial charge < -0.3 is 5.32 Å². The number of ketones is 1. The Morgan fingerprint density at radius 1 is 1.21 bits per heavy atom. The summed E-state index contributed by atoms with van der Waals surface area (Å²) in [5.41, 5.74) is 4.53. The first-order valence-electron chi connectivity index (χ1n) is 8.88. The number of benzene rings is 2. The van der Waals surface area contributed by atoms with Crippen molar-refractivity contribution in [2.75, 3.05) is 18.4 Å². The van der Waals surface area contributed by atoms with E-state index in [9.17, 15) is 4.79 Å². The molecule has 24 heavy (non-hydrogen) atoms. The van der Waals surface area contributed by atoms with E-state index in [0.717, 1.165) is 38.0 Å². The zero-order valence-electron chi connectivity index (χ0n) is 14.6. The molecule has 0 radical (unpaired) electrons. The number of anilines is 1. The van der Waals surface area contributed by atoms with Crippen molar-refractivity contribution in [1.82, 2.24) is 4.90 Å². The van der Waals surface area contributed by atoms with Crippen LogP contribution in [0.2, 0.25) is 0 Å². The van der Waals surface area contributed by atoms with Crippen LogP contribution >= 0.6 is 0 Å². The van der Waals surface area contributed by atoms with Gasteiger partial charge in [-0.15, -0.1) is 0 Å². The normalized spacial score (nSPS) is 14.8. The fourth-order valence-corrected chi connectivity index (χ4v) is 3.38. The highest BCUT2D eigenvalue weighted by Gasteiger charge is 2.22. The number of hydrogen-bond acceptors (Lipinski definition) is 3. The van der Waals surface area contributed by atoms with Crippen molar-refractivity contribution in [2.45, 2.75) is 39.3 Å². The lowest BCUT2D eigenvalue weighted by atomic mass is 9.96. The summed E-state index contributed by atoms with van der Waals surface area (Å²) in [5.74, 6) is 0.209. The summed E-state index contributed by atoms with van der Waals surface area (Å²) >= 11 is 0. The maximum Gasteiger partial charge on any atom is 0.179 e. The molecule has 2 aromatic carbocycles. The molecule has 0 spiro atoms. The number of rotatable bonds is 6. The molecule has 0 fully saturated rings. The minimum atomic E-state index is -0.121. The van der Waals surface area contributed by atoms with Gasteiger partial charge in [0.1, 0.15) is 0 Å². The van der Waals surface area contributed by atoms with E-state index < -0.39 is 0 Å². The second-order valence-corrected chi connectivity index (χ2v) is 6.49. The number of likely N-dealkylation sites (N-methyl/N-ethyl adjacent to an activating group) is 1. The van der Waals surface area contributed by atoms with Gasteiger partial charge in [-0.3, -0.25) is 9.69 Å². The van der Waals surface area contributed by atoms with E-state index in [1.54, 1.807) is 0 Å². The van der Waals surface area contributed by atoms with Gasteiger partial charge in [-0.1, -0.05) is 37.3 Å². The van der Waals surface area contributed by atoms with Crippen LogP contribution in [0.15, 0.2) is 48.5 Å². The lowest BCUT2D eigenvalue weighted by molar-refractivity contribution is 0.0835. The molecule has 1 N–H and O–H groups in total. The van der Waals surface area contributed by atoms with Gasteiger partial charge in [0.05, 0.1) is 6.04 Å². The predicted molar refractivity (Wildman–Crippen MR) is 99.6 cm³/mol. The quantitative estimate of drug-likeness (QED) is 0.811. The summed E-state index contributed by atoms with van der Waals surface area (Å²) in [7, 11) is 0. The highest BCUT2D eigenvalue weighted by molar-refractivity contribution is 6.00. The number of carbonyl (C=O) groups is 1. The van der Waals surface area contributed by atoms with Gasteiger partial charge in [-0.2, -0.15) is 0 Å². The van der Waals surface area contributed by atoms with Crippen molar-refractivity contribution in [3.63, 3.8) is 0 Å². The Kier molecular flexibility index (Phi) is 5.31. The third kappa shape index (κ3) is 3.68. The number of nitrogens with zero attached hydrogens (tertiary/aromatic N) is 1. The molecule has 1 atom stereocenters. The Morgan fingerprint density at radius 3 is 2.75 bits per heavy atom. The van der Waals surface area contributed by atoms with Gasteiger partial charge >= 0.3 is 0 Å². The number of nitrogens with one attached hydrogen (secondary N) is 1. The van der Waals surface area contributed by atoms with E-state index in [4.69, 9.17) is 0 Å². The van der Waals surface area contributed by atoms with Crippen molar-refractivity contribution in [3.8, 4) is 0 Å². The van der Waals surface area contributed by atoms with E-state index in [2.05, 4.69) is 41.4 Å². The Labute approximate surface area is 144 Å². The molecule has 3 rings (SSSR count). The van der Waals surface area contributed by atoms with Crippen LogP contribution in [-0.2, 0) is 13.0 Å². The van der Waals surface area contributed by atoms with Gasteiger partial charge in [0.15, 0.2) is 5.78 Å². The van der Waals surface area contributed by atoms with Crippen LogP contribution in [0.1, 0.15) is 41.8 Å². The molecule has 0 saturated carbocycles. The third-order valence-electron chi connectivity index (χ3n) is 4.89. The molecule has 0 aliphatic carbocycles. The fraction of sp³-hybridized carbons (Fsp3) is 0.381. The summed E-state index contributed by atoms with van der Waals surface area (Å²) in [6.07, 6.45) is 2.19. The molecule has 0 aromatic heterocycles. The molecule has 0 saturated heterocycles. The highest BCUT2D eigenvalue weighted by atomic mass is 16.1. The van der Waals surface area contributed by atoms with E-state index in [1.807, 2.05) is 31.2 Å². The van der Waals surface area contributed by atoms with Gasteiger partial charge in [0.25, 0.3) is 0 Å². The molecule has 1 aliphatic rings. The standard InChI is InChI=1S/C21H26N2O/c1-3-23(15-17-8-5-4-6-9-17)16(2)21(24)19-11-12-20-18(14-19)10-7-13-22-20/h4-6,8-9,11-12,14,16,22H,3,7,10,13,15H2,1-2H3. The van der Waals surface area contributed by atoms with Gasteiger partial charge in [-0.05, 0) is 55.6 Å². The zero-order chi connectivity index (χ0) is 16.9. The van der Waals surface area contributed by atoms with E-state index in [1.165, 1.54) is 16.8 Å². The van der Waals surface area contributed by atoms with Crippen molar-refractivity contribution >= 4 is 11.5 Å². The van der Waals surface area contributed by atoms with Crippen molar-refractivity contribution in [3.05, 3.63) is 65.2 Å². The minimum absolute atomic E-state index is 0.121. The van der Waals surface area contributed by atoms with E-state index in [-0.39, 0.29) is 11.8 Å². The molecule has 1 aliphatic heterocycles. The lowest BCUT2D eigenvalue weighted by Gasteiger charge is -2.27. The second-order valence-electron chi connectivity index (χ2n) is 6.49.